The minimum Gasteiger partial charge on any atom is -0.382 e. The lowest BCUT2D eigenvalue weighted by molar-refractivity contribution is 0.262. The third kappa shape index (κ3) is 4.66. The summed E-state index contributed by atoms with van der Waals surface area (Å²) < 4.78 is 27.2. The molecule has 0 unspecified atom stereocenters. The van der Waals surface area contributed by atoms with E-state index in [-0.39, 0.29) is 16.7 Å². The molecule has 0 heterocycles. The van der Waals surface area contributed by atoms with Crippen LogP contribution in [0.4, 0.5) is 4.79 Å². The van der Waals surface area contributed by atoms with Crippen LogP contribution in [0.5, 0.6) is 5.75 Å². The summed E-state index contributed by atoms with van der Waals surface area (Å²) in [5.41, 5.74) is 0. The van der Waals surface area contributed by atoms with E-state index in [9.17, 15) is 13.2 Å². The zero-order valence-electron chi connectivity index (χ0n) is 9.47. The summed E-state index contributed by atoms with van der Waals surface area (Å²) in [5.74, 6) is 0.162. The van der Waals surface area contributed by atoms with Crippen molar-refractivity contribution in [3.63, 3.8) is 0 Å². The fourth-order valence-electron chi connectivity index (χ4n) is 0.927. The summed E-state index contributed by atoms with van der Waals surface area (Å²) in [5, 5.41) is 2.29. The van der Waals surface area contributed by atoms with Gasteiger partial charge in [-0.15, -0.1) is 0 Å². The van der Waals surface area contributed by atoms with E-state index >= 15 is 0 Å². The van der Waals surface area contributed by atoms with Crippen molar-refractivity contribution in [2.45, 2.75) is 11.8 Å². The number of amides is 1. The van der Waals surface area contributed by atoms with Crippen LogP contribution in [0.2, 0.25) is 0 Å². The Kier molecular flexibility index (Phi) is 4.83. The Hall–Kier alpha value is -1.21. The second kappa shape index (κ2) is 5.92. The van der Waals surface area contributed by atoms with Crippen molar-refractivity contribution in [3.05, 3.63) is 24.3 Å². The zero-order valence-corrected chi connectivity index (χ0v) is 11.1. The fraction of sp³-hybridized carbons (Fsp3) is 0.300. The first-order chi connectivity index (χ1) is 7.96. The molecule has 1 rings (SSSR count). The minimum absolute atomic E-state index is 0.0816. The molecule has 1 aromatic carbocycles. The molecule has 0 spiro atoms. The van der Waals surface area contributed by atoms with Crippen LogP contribution in [0, 0.1) is 0 Å². The third-order valence-electron chi connectivity index (χ3n) is 1.82. The van der Waals surface area contributed by atoms with E-state index < -0.39 is 10.1 Å². The molecule has 17 heavy (non-hydrogen) atoms. The topological polar surface area (TPSA) is 72.5 Å². The molecule has 0 saturated carbocycles. The van der Waals surface area contributed by atoms with Crippen LogP contribution in [0.25, 0.3) is 0 Å². The Labute approximate surface area is 105 Å². The maximum Gasteiger partial charge on any atom is 0.308 e. The molecule has 0 aliphatic heterocycles. The number of hydrogen-bond acceptors (Lipinski definition) is 5. The van der Waals surface area contributed by atoms with Crippen molar-refractivity contribution >= 4 is 27.1 Å². The number of benzene rings is 1. The van der Waals surface area contributed by atoms with E-state index in [1.54, 1.807) is 19.2 Å². The third-order valence-corrected chi connectivity index (χ3v) is 3.87. The first kappa shape index (κ1) is 13.9. The Balaban J connectivity index is 2.72. The van der Waals surface area contributed by atoms with E-state index in [1.165, 1.54) is 19.1 Å². The zero-order chi connectivity index (χ0) is 12.9. The molecule has 7 heteroatoms. The predicted octanol–water partition coefficient (Wildman–Crippen LogP) is 1.85. The fourth-order valence-corrected chi connectivity index (χ4v) is 2.04. The Bertz CT molecular complexity index is 482. The van der Waals surface area contributed by atoms with E-state index in [0.29, 0.717) is 4.90 Å². The van der Waals surface area contributed by atoms with E-state index in [4.69, 9.17) is 4.18 Å². The van der Waals surface area contributed by atoms with Gasteiger partial charge in [0, 0.05) is 11.9 Å². The average molecular weight is 275 g/mol. The molecule has 1 aromatic rings. The van der Waals surface area contributed by atoms with Gasteiger partial charge in [-0.3, -0.25) is 4.79 Å². The molecule has 0 aromatic heterocycles. The van der Waals surface area contributed by atoms with Crippen molar-refractivity contribution in [2.75, 3.05) is 12.8 Å². The summed E-state index contributed by atoms with van der Waals surface area (Å²) in [6.45, 7) is 1.51. The van der Waals surface area contributed by atoms with Gasteiger partial charge < -0.3 is 9.50 Å². The number of carbonyl (C=O) groups is 1. The molecule has 0 bridgehead atoms. The van der Waals surface area contributed by atoms with Gasteiger partial charge in [-0.2, -0.15) is 8.42 Å². The van der Waals surface area contributed by atoms with Crippen molar-refractivity contribution < 1.29 is 17.4 Å². The summed E-state index contributed by atoms with van der Waals surface area (Å²) >= 11 is 1.02. The van der Waals surface area contributed by atoms with E-state index in [2.05, 4.69) is 5.32 Å². The van der Waals surface area contributed by atoms with Gasteiger partial charge in [0.15, 0.2) is 0 Å². The molecule has 0 aliphatic carbocycles. The smallest absolute Gasteiger partial charge is 0.308 e. The maximum atomic E-state index is 11.2. The van der Waals surface area contributed by atoms with E-state index in [1.807, 2.05) is 0 Å². The number of nitrogens with one attached hydrogen (secondary N) is 1. The monoisotopic (exact) mass is 275 g/mol. The quantitative estimate of drug-likeness (QED) is 0.670. The van der Waals surface area contributed by atoms with Crippen LogP contribution in [0.15, 0.2) is 29.2 Å². The van der Waals surface area contributed by atoms with Crippen molar-refractivity contribution in [2.24, 2.45) is 0 Å². The Morgan fingerprint density at radius 2 is 1.94 bits per heavy atom. The maximum absolute atomic E-state index is 11.2. The number of carbonyl (C=O) groups excluding carboxylic acids is 1. The lowest BCUT2D eigenvalue weighted by Crippen LogP contribution is -2.11. The highest BCUT2D eigenvalue weighted by molar-refractivity contribution is 8.13. The average Bonchev–Trinajstić information content (AvgIpc) is 2.31. The van der Waals surface area contributed by atoms with Crippen LogP contribution in [0.3, 0.4) is 0 Å². The van der Waals surface area contributed by atoms with Crippen LogP contribution < -0.4 is 9.50 Å². The molecule has 0 fully saturated rings. The molecule has 0 radical (unpaired) electrons. The normalized spacial score (nSPS) is 10.9. The minimum atomic E-state index is -3.50. The molecule has 1 amide bonds. The lowest BCUT2D eigenvalue weighted by Gasteiger charge is -2.05. The summed E-state index contributed by atoms with van der Waals surface area (Å²) in [6.07, 6.45) is 0. The Morgan fingerprint density at radius 1 is 1.35 bits per heavy atom. The molecule has 1 N–H and O–H groups in total. The largest absolute Gasteiger partial charge is 0.382 e. The van der Waals surface area contributed by atoms with E-state index in [0.717, 1.165) is 11.8 Å². The molecule has 0 aliphatic rings. The van der Waals surface area contributed by atoms with Gasteiger partial charge in [0.1, 0.15) is 5.75 Å². The second-order valence-corrected chi connectivity index (χ2v) is 5.95. The first-order valence-corrected chi connectivity index (χ1v) is 7.28. The van der Waals surface area contributed by atoms with Gasteiger partial charge in [-0.25, -0.2) is 0 Å². The molecule has 5 nitrogen and oxygen atoms in total. The molecule has 0 saturated heterocycles. The van der Waals surface area contributed by atoms with Crippen molar-refractivity contribution in [1.29, 1.82) is 0 Å². The SMILES string of the molecule is CCS(=O)(=O)Oc1ccc(SC(=O)NC)cc1. The van der Waals surface area contributed by atoms with Gasteiger partial charge >= 0.3 is 10.1 Å². The standard InChI is InChI=1S/C10H13NO4S2/c1-3-17(13,14)15-8-4-6-9(7-5-8)16-10(12)11-2/h4-7H,3H2,1-2H3,(H,11,12). The van der Waals surface area contributed by atoms with Crippen LogP contribution in [-0.4, -0.2) is 26.5 Å². The summed E-state index contributed by atoms with van der Waals surface area (Å²) in [7, 11) is -1.96. The number of thioether (sulfide) groups is 1. The van der Waals surface area contributed by atoms with Gasteiger partial charge in [0.25, 0.3) is 5.24 Å². The highest BCUT2D eigenvalue weighted by atomic mass is 32.2. The van der Waals surface area contributed by atoms with Gasteiger partial charge in [-0.1, -0.05) is 0 Å². The predicted molar refractivity (Wildman–Crippen MR) is 66.8 cm³/mol. The molecule has 0 atom stereocenters. The van der Waals surface area contributed by atoms with Crippen LogP contribution in [-0.2, 0) is 10.1 Å². The van der Waals surface area contributed by atoms with Gasteiger partial charge in [0.05, 0.1) is 5.75 Å². The second-order valence-electron chi connectivity index (χ2n) is 3.04. The van der Waals surface area contributed by atoms with Crippen molar-refractivity contribution in [3.8, 4) is 5.75 Å². The molecular weight excluding hydrogens is 262 g/mol. The lowest BCUT2D eigenvalue weighted by atomic mass is 10.3. The van der Waals surface area contributed by atoms with Crippen LogP contribution in [0.1, 0.15) is 6.92 Å². The highest BCUT2D eigenvalue weighted by Gasteiger charge is 2.09. The summed E-state index contributed by atoms with van der Waals surface area (Å²) in [4.78, 5) is 11.8. The van der Waals surface area contributed by atoms with Gasteiger partial charge in [0.2, 0.25) is 0 Å². The Morgan fingerprint density at radius 3 is 2.41 bits per heavy atom. The van der Waals surface area contributed by atoms with Crippen molar-refractivity contribution in [1.82, 2.24) is 5.32 Å². The summed E-state index contributed by atoms with van der Waals surface area (Å²) in [6, 6.07) is 6.28. The number of hydrogen-bond donors (Lipinski definition) is 1. The van der Waals surface area contributed by atoms with Crippen LogP contribution >= 0.6 is 11.8 Å². The number of rotatable bonds is 4. The molecular formula is C10H13NO4S2. The highest BCUT2D eigenvalue weighted by Crippen LogP contribution is 2.22. The first-order valence-electron chi connectivity index (χ1n) is 4.88. The van der Waals surface area contributed by atoms with Gasteiger partial charge in [-0.05, 0) is 43.0 Å². The molecule has 94 valence electrons.